The van der Waals surface area contributed by atoms with Crippen molar-refractivity contribution in [2.75, 3.05) is 5.32 Å². The van der Waals surface area contributed by atoms with Crippen LogP contribution in [0.5, 0.6) is 0 Å². The predicted octanol–water partition coefficient (Wildman–Crippen LogP) is 2.57. The lowest BCUT2D eigenvalue weighted by atomic mass is 9.87. The molecule has 21 heavy (non-hydrogen) atoms. The highest BCUT2D eigenvalue weighted by Gasteiger charge is 2.16. The topological polar surface area (TPSA) is 72.7 Å². The molecule has 1 aliphatic rings. The number of anilines is 1. The van der Waals surface area contributed by atoms with Crippen LogP contribution in [-0.2, 0) is 4.79 Å². The smallest absolute Gasteiger partial charge is 0.224 e. The summed E-state index contributed by atoms with van der Waals surface area (Å²) in [4.78, 5) is 12.0. The van der Waals surface area contributed by atoms with Gasteiger partial charge in [0.1, 0.15) is 6.33 Å². The first-order chi connectivity index (χ1) is 10.3. The minimum atomic E-state index is 0.108. The molecule has 0 bridgehead atoms. The van der Waals surface area contributed by atoms with Gasteiger partial charge in [-0.1, -0.05) is 19.3 Å². The zero-order valence-electron chi connectivity index (χ0n) is 11.9. The first-order valence-corrected chi connectivity index (χ1v) is 7.44. The molecular weight excluding hydrogens is 266 g/mol. The van der Waals surface area contributed by atoms with Crippen molar-refractivity contribution >= 4 is 11.6 Å². The molecular formula is C15H19N5O. The van der Waals surface area contributed by atoms with Crippen molar-refractivity contribution < 1.29 is 4.79 Å². The van der Waals surface area contributed by atoms with Gasteiger partial charge >= 0.3 is 0 Å². The summed E-state index contributed by atoms with van der Waals surface area (Å²) in [5.41, 5.74) is 1.68. The molecule has 1 aliphatic carbocycles. The van der Waals surface area contributed by atoms with Gasteiger partial charge in [-0.05, 0) is 53.5 Å². The number of hydrogen-bond donors (Lipinski definition) is 1. The average Bonchev–Trinajstić information content (AvgIpc) is 3.03. The summed E-state index contributed by atoms with van der Waals surface area (Å²) >= 11 is 0. The number of carbonyl (C=O) groups excluding carboxylic acids is 1. The molecule has 0 aliphatic heterocycles. The van der Waals surface area contributed by atoms with E-state index in [9.17, 15) is 4.79 Å². The average molecular weight is 285 g/mol. The van der Waals surface area contributed by atoms with Gasteiger partial charge in [0.15, 0.2) is 0 Å². The largest absolute Gasteiger partial charge is 0.326 e. The zero-order valence-corrected chi connectivity index (χ0v) is 11.9. The number of rotatable bonds is 4. The first kappa shape index (κ1) is 13.7. The van der Waals surface area contributed by atoms with E-state index < -0.39 is 0 Å². The van der Waals surface area contributed by atoms with Crippen molar-refractivity contribution in [3.63, 3.8) is 0 Å². The minimum absolute atomic E-state index is 0.108. The Labute approximate surface area is 123 Å². The lowest BCUT2D eigenvalue weighted by molar-refractivity contribution is -0.117. The lowest BCUT2D eigenvalue weighted by Gasteiger charge is -2.20. The molecule has 110 valence electrons. The van der Waals surface area contributed by atoms with Crippen molar-refractivity contribution in [1.82, 2.24) is 20.2 Å². The first-order valence-electron chi connectivity index (χ1n) is 7.44. The molecule has 3 rings (SSSR count). The van der Waals surface area contributed by atoms with Crippen molar-refractivity contribution in [3.8, 4) is 5.69 Å². The molecule has 1 aromatic heterocycles. The van der Waals surface area contributed by atoms with E-state index in [0.717, 1.165) is 11.4 Å². The molecule has 1 saturated carbocycles. The summed E-state index contributed by atoms with van der Waals surface area (Å²) in [6.07, 6.45) is 8.39. The molecule has 0 atom stereocenters. The molecule has 6 heteroatoms. The number of nitrogens with zero attached hydrogens (tertiary/aromatic N) is 4. The fraction of sp³-hybridized carbons (Fsp3) is 0.467. The van der Waals surface area contributed by atoms with E-state index in [4.69, 9.17) is 0 Å². The van der Waals surface area contributed by atoms with Crippen LogP contribution in [0.15, 0.2) is 30.6 Å². The third-order valence-corrected chi connectivity index (χ3v) is 3.96. The third-order valence-electron chi connectivity index (χ3n) is 3.96. The Morgan fingerprint density at radius 1 is 1.19 bits per heavy atom. The standard InChI is InChI=1S/C15H19N5O/c21-15(10-12-4-2-1-3-5-12)17-13-6-8-14(9-7-13)20-11-16-18-19-20/h6-9,11-12H,1-5,10H2,(H,17,21). The number of tetrazole rings is 1. The van der Waals surface area contributed by atoms with E-state index in [0.29, 0.717) is 12.3 Å². The van der Waals surface area contributed by atoms with Crippen molar-refractivity contribution in [1.29, 1.82) is 0 Å². The van der Waals surface area contributed by atoms with Crippen LogP contribution in [0.1, 0.15) is 38.5 Å². The molecule has 0 spiro atoms. The van der Waals surface area contributed by atoms with Crippen LogP contribution in [0, 0.1) is 5.92 Å². The maximum Gasteiger partial charge on any atom is 0.224 e. The summed E-state index contributed by atoms with van der Waals surface area (Å²) in [6, 6.07) is 7.50. The highest BCUT2D eigenvalue weighted by atomic mass is 16.1. The summed E-state index contributed by atoms with van der Waals surface area (Å²) in [5, 5.41) is 14.0. The van der Waals surface area contributed by atoms with E-state index in [-0.39, 0.29) is 5.91 Å². The van der Waals surface area contributed by atoms with Gasteiger partial charge in [0.25, 0.3) is 0 Å². The molecule has 0 saturated heterocycles. The van der Waals surface area contributed by atoms with Gasteiger partial charge in [0.05, 0.1) is 5.69 Å². The second-order valence-electron chi connectivity index (χ2n) is 5.56. The van der Waals surface area contributed by atoms with Gasteiger partial charge in [0, 0.05) is 12.1 Å². The molecule has 0 radical (unpaired) electrons. The quantitative estimate of drug-likeness (QED) is 0.937. The summed E-state index contributed by atoms with van der Waals surface area (Å²) < 4.78 is 1.58. The molecule has 1 N–H and O–H groups in total. The van der Waals surface area contributed by atoms with Crippen molar-refractivity contribution in [3.05, 3.63) is 30.6 Å². The monoisotopic (exact) mass is 285 g/mol. The molecule has 1 aromatic carbocycles. The van der Waals surface area contributed by atoms with E-state index >= 15 is 0 Å². The van der Waals surface area contributed by atoms with E-state index in [1.54, 1.807) is 4.68 Å². The second kappa shape index (κ2) is 6.47. The van der Waals surface area contributed by atoms with Crippen LogP contribution < -0.4 is 5.32 Å². The molecule has 2 aromatic rings. The Balaban J connectivity index is 1.56. The Hall–Kier alpha value is -2.24. The Morgan fingerprint density at radius 2 is 1.95 bits per heavy atom. The van der Waals surface area contributed by atoms with Gasteiger partial charge in [-0.2, -0.15) is 0 Å². The lowest BCUT2D eigenvalue weighted by Crippen LogP contribution is -2.18. The van der Waals surface area contributed by atoms with Crippen LogP contribution in [0.4, 0.5) is 5.69 Å². The minimum Gasteiger partial charge on any atom is -0.326 e. The number of amides is 1. The maximum absolute atomic E-state index is 12.0. The predicted molar refractivity (Wildman–Crippen MR) is 79.0 cm³/mol. The van der Waals surface area contributed by atoms with E-state index in [1.807, 2.05) is 24.3 Å². The van der Waals surface area contributed by atoms with Gasteiger partial charge in [-0.15, -0.1) is 5.10 Å². The number of hydrogen-bond acceptors (Lipinski definition) is 4. The Kier molecular flexibility index (Phi) is 4.23. The number of aromatic nitrogens is 4. The molecule has 1 amide bonds. The van der Waals surface area contributed by atoms with Gasteiger partial charge in [0.2, 0.25) is 5.91 Å². The van der Waals surface area contributed by atoms with Gasteiger partial charge in [-0.25, -0.2) is 4.68 Å². The van der Waals surface area contributed by atoms with E-state index in [1.165, 1.54) is 38.4 Å². The highest BCUT2D eigenvalue weighted by molar-refractivity contribution is 5.90. The fourth-order valence-electron chi connectivity index (χ4n) is 2.84. The maximum atomic E-state index is 12.0. The van der Waals surface area contributed by atoms with Crippen LogP contribution in [0.3, 0.4) is 0 Å². The molecule has 6 nitrogen and oxygen atoms in total. The van der Waals surface area contributed by atoms with E-state index in [2.05, 4.69) is 20.8 Å². The number of benzene rings is 1. The zero-order chi connectivity index (χ0) is 14.5. The summed E-state index contributed by atoms with van der Waals surface area (Å²) in [5.74, 6) is 0.663. The Bertz CT molecular complexity index is 573. The SMILES string of the molecule is O=C(CC1CCCCC1)Nc1ccc(-n2cnnn2)cc1. The molecule has 1 heterocycles. The van der Waals surface area contributed by atoms with Gasteiger partial charge in [-0.3, -0.25) is 4.79 Å². The second-order valence-corrected chi connectivity index (χ2v) is 5.56. The van der Waals surface area contributed by atoms with Crippen LogP contribution in [0.25, 0.3) is 5.69 Å². The van der Waals surface area contributed by atoms with Crippen molar-refractivity contribution in [2.45, 2.75) is 38.5 Å². The normalized spacial score (nSPS) is 15.8. The third kappa shape index (κ3) is 3.65. The molecule has 0 unspecified atom stereocenters. The summed E-state index contributed by atoms with van der Waals surface area (Å²) in [7, 11) is 0. The Morgan fingerprint density at radius 3 is 2.62 bits per heavy atom. The van der Waals surface area contributed by atoms with Crippen LogP contribution in [0.2, 0.25) is 0 Å². The summed E-state index contributed by atoms with van der Waals surface area (Å²) in [6.45, 7) is 0. The van der Waals surface area contributed by atoms with Gasteiger partial charge < -0.3 is 5.32 Å². The fourth-order valence-corrected chi connectivity index (χ4v) is 2.84. The highest BCUT2D eigenvalue weighted by Crippen LogP contribution is 2.26. The molecule has 1 fully saturated rings. The number of carbonyl (C=O) groups is 1. The van der Waals surface area contributed by atoms with Crippen LogP contribution >= 0.6 is 0 Å². The number of nitrogens with one attached hydrogen (secondary N) is 1. The van der Waals surface area contributed by atoms with Crippen molar-refractivity contribution in [2.24, 2.45) is 5.92 Å². The van der Waals surface area contributed by atoms with Crippen LogP contribution in [-0.4, -0.2) is 26.1 Å².